The van der Waals surface area contributed by atoms with Crippen LogP contribution in [0.5, 0.6) is 0 Å². The maximum absolute atomic E-state index is 10.6. The fourth-order valence-corrected chi connectivity index (χ4v) is 1.11. The quantitative estimate of drug-likeness (QED) is 0.208. The van der Waals surface area contributed by atoms with Crippen LogP contribution in [-0.4, -0.2) is 89.4 Å². The van der Waals surface area contributed by atoms with Gasteiger partial charge in [0.05, 0.1) is 6.61 Å². The van der Waals surface area contributed by atoms with Gasteiger partial charge in [-0.05, 0) is 0 Å². The highest BCUT2D eigenvalue weighted by atomic mass is 16.5. The molecular formula is C8H14O10. The molecule has 0 fully saturated rings. The molecule has 0 aromatic carbocycles. The van der Waals surface area contributed by atoms with E-state index >= 15 is 0 Å². The van der Waals surface area contributed by atoms with E-state index in [1.165, 1.54) is 0 Å². The molecule has 0 rings (SSSR count). The number of carboxylic acid groups (broad SMARTS) is 2. The predicted molar refractivity (Wildman–Crippen MR) is 51.3 cm³/mol. The Kier molecular flexibility index (Phi) is 5.60. The van der Waals surface area contributed by atoms with Crippen molar-refractivity contribution in [3.8, 4) is 0 Å². The van der Waals surface area contributed by atoms with Crippen molar-refractivity contribution in [3.05, 3.63) is 0 Å². The Bertz CT molecular complexity index is 301. The molecule has 0 bridgehead atoms. The second kappa shape index (κ2) is 6.04. The van der Waals surface area contributed by atoms with Crippen LogP contribution in [0.4, 0.5) is 0 Å². The zero-order chi connectivity index (χ0) is 14.7. The highest BCUT2D eigenvalue weighted by molar-refractivity contribution is 6.02. The lowest BCUT2D eigenvalue weighted by Gasteiger charge is -2.31. The molecule has 10 nitrogen and oxygen atoms in total. The Morgan fingerprint density at radius 1 is 0.944 bits per heavy atom. The highest BCUT2D eigenvalue weighted by Gasteiger charge is 2.55. The molecule has 0 aromatic rings. The van der Waals surface area contributed by atoms with Crippen LogP contribution in [0.25, 0.3) is 0 Å². The van der Waals surface area contributed by atoms with Gasteiger partial charge in [-0.15, -0.1) is 0 Å². The van der Waals surface area contributed by atoms with Gasteiger partial charge in [0.1, 0.15) is 24.4 Å². The Labute approximate surface area is 100.0 Å². The largest absolute Gasteiger partial charge is 0.479 e. The number of carbonyl (C=O) groups is 2. The number of hydrogen-bond donors (Lipinski definition) is 8. The lowest BCUT2D eigenvalue weighted by molar-refractivity contribution is -0.207. The van der Waals surface area contributed by atoms with Crippen molar-refractivity contribution in [2.75, 3.05) is 6.61 Å². The summed E-state index contributed by atoms with van der Waals surface area (Å²) in [5.41, 5.74) is -3.77. The second-order valence-corrected chi connectivity index (χ2v) is 3.55. The molecule has 0 aliphatic rings. The number of hydrogen-bond acceptors (Lipinski definition) is 8. The summed E-state index contributed by atoms with van der Waals surface area (Å²) in [7, 11) is 0. The van der Waals surface area contributed by atoms with Crippen LogP contribution in [0.3, 0.4) is 0 Å². The summed E-state index contributed by atoms with van der Waals surface area (Å²) in [4.78, 5) is 21.2. The third-order valence-corrected chi connectivity index (χ3v) is 2.33. The molecule has 0 aromatic heterocycles. The van der Waals surface area contributed by atoms with Gasteiger partial charge in [0, 0.05) is 0 Å². The van der Waals surface area contributed by atoms with Gasteiger partial charge in [-0.25, -0.2) is 9.59 Å². The van der Waals surface area contributed by atoms with Crippen LogP contribution in [0.1, 0.15) is 0 Å². The summed E-state index contributed by atoms with van der Waals surface area (Å²) in [5.74, 6) is -4.74. The average molecular weight is 270 g/mol. The van der Waals surface area contributed by atoms with Crippen LogP contribution in [0, 0.1) is 0 Å². The summed E-state index contributed by atoms with van der Waals surface area (Å²) < 4.78 is 0. The van der Waals surface area contributed by atoms with E-state index in [0.29, 0.717) is 0 Å². The summed E-state index contributed by atoms with van der Waals surface area (Å²) in [5, 5.41) is 71.4. The summed E-state index contributed by atoms with van der Waals surface area (Å²) in [6.07, 6.45) is -9.55. The van der Waals surface area contributed by atoms with Crippen molar-refractivity contribution >= 4 is 11.9 Å². The molecule has 4 atom stereocenters. The molecule has 106 valence electrons. The maximum Gasteiger partial charge on any atom is 0.350 e. The SMILES string of the molecule is O=C(O)C(O)(C(=O)O)[C@H](O)[C@@H](O)[C@H](O)[C@H](O)CO. The first kappa shape index (κ1) is 16.7. The molecule has 0 unspecified atom stereocenters. The normalized spacial score (nSPS) is 18.8. The van der Waals surface area contributed by atoms with Crippen LogP contribution in [0.15, 0.2) is 0 Å². The van der Waals surface area contributed by atoms with Gasteiger partial charge in [-0.1, -0.05) is 0 Å². The van der Waals surface area contributed by atoms with E-state index in [2.05, 4.69) is 0 Å². The van der Waals surface area contributed by atoms with Crippen LogP contribution < -0.4 is 0 Å². The fraction of sp³-hybridized carbons (Fsp3) is 0.750. The maximum atomic E-state index is 10.6. The van der Waals surface area contributed by atoms with Crippen LogP contribution >= 0.6 is 0 Å². The van der Waals surface area contributed by atoms with E-state index in [1.54, 1.807) is 0 Å². The van der Waals surface area contributed by atoms with Gasteiger partial charge in [0.25, 0.3) is 5.60 Å². The van der Waals surface area contributed by atoms with Gasteiger partial charge < -0.3 is 40.9 Å². The van der Waals surface area contributed by atoms with Crippen molar-refractivity contribution in [3.63, 3.8) is 0 Å². The minimum absolute atomic E-state index is 1.04. The molecule has 0 heterocycles. The molecule has 0 spiro atoms. The van der Waals surface area contributed by atoms with Crippen molar-refractivity contribution in [1.82, 2.24) is 0 Å². The second-order valence-electron chi connectivity index (χ2n) is 3.55. The van der Waals surface area contributed by atoms with Gasteiger partial charge >= 0.3 is 11.9 Å². The van der Waals surface area contributed by atoms with E-state index < -0.39 is 48.6 Å². The molecular weight excluding hydrogens is 256 g/mol. The van der Waals surface area contributed by atoms with E-state index in [9.17, 15) is 24.9 Å². The predicted octanol–water partition coefficient (Wildman–Crippen LogP) is -4.68. The standard InChI is InChI=1S/C8H14O10/c9-1-2(10)3(11)4(12)5(13)8(18,6(14)15)7(16)17/h2-5,9-13,18H,1H2,(H,14,15)(H,16,17)/t2-,3-,4+,5-/m1/s1. The van der Waals surface area contributed by atoms with Crippen LogP contribution in [0.2, 0.25) is 0 Å². The molecule has 0 saturated carbocycles. The third kappa shape index (κ3) is 2.93. The average Bonchev–Trinajstić information content (AvgIpc) is 2.33. The Morgan fingerprint density at radius 3 is 1.61 bits per heavy atom. The molecule has 0 amide bonds. The van der Waals surface area contributed by atoms with Crippen molar-refractivity contribution in [1.29, 1.82) is 0 Å². The monoisotopic (exact) mass is 270 g/mol. The molecule has 0 saturated heterocycles. The zero-order valence-corrected chi connectivity index (χ0v) is 8.91. The highest BCUT2D eigenvalue weighted by Crippen LogP contribution is 2.18. The van der Waals surface area contributed by atoms with Gasteiger partial charge in [-0.2, -0.15) is 0 Å². The molecule has 8 N–H and O–H groups in total. The van der Waals surface area contributed by atoms with Gasteiger partial charge in [-0.3, -0.25) is 0 Å². The third-order valence-electron chi connectivity index (χ3n) is 2.33. The first-order valence-electron chi connectivity index (χ1n) is 4.63. The smallest absolute Gasteiger partial charge is 0.350 e. The van der Waals surface area contributed by atoms with Gasteiger partial charge in [0.15, 0.2) is 0 Å². The van der Waals surface area contributed by atoms with E-state index in [1.807, 2.05) is 0 Å². The van der Waals surface area contributed by atoms with Crippen molar-refractivity contribution in [2.24, 2.45) is 0 Å². The number of aliphatic carboxylic acids is 2. The lowest BCUT2D eigenvalue weighted by Crippen LogP contribution is -2.63. The Hall–Kier alpha value is -1.30. The number of rotatable bonds is 7. The Morgan fingerprint density at radius 2 is 1.33 bits per heavy atom. The molecule has 0 radical (unpaired) electrons. The van der Waals surface area contributed by atoms with E-state index in [-0.39, 0.29) is 0 Å². The van der Waals surface area contributed by atoms with Crippen molar-refractivity contribution in [2.45, 2.75) is 30.0 Å². The zero-order valence-electron chi connectivity index (χ0n) is 8.91. The van der Waals surface area contributed by atoms with E-state index in [4.69, 9.17) is 25.5 Å². The number of carboxylic acids is 2. The molecule has 10 heteroatoms. The minimum atomic E-state index is -3.77. The fourth-order valence-electron chi connectivity index (χ4n) is 1.11. The molecule has 18 heavy (non-hydrogen) atoms. The molecule has 0 aliphatic carbocycles. The number of aliphatic hydroxyl groups excluding tert-OH is 5. The topological polar surface area (TPSA) is 196 Å². The summed E-state index contributed by atoms with van der Waals surface area (Å²) in [6.45, 7) is -1.04. The van der Waals surface area contributed by atoms with Crippen molar-refractivity contribution < 1.29 is 50.4 Å². The number of aliphatic hydroxyl groups is 6. The first-order valence-corrected chi connectivity index (χ1v) is 4.63. The molecule has 0 aliphatic heterocycles. The minimum Gasteiger partial charge on any atom is -0.479 e. The van der Waals surface area contributed by atoms with Gasteiger partial charge in [0.2, 0.25) is 0 Å². The van der Waals surface area contributed by atoms with E-state index in [0.717, 1.165) is 0 Å². The Balaban J connectivity index is 5.17. The van der Waals surface area contributed by atoms with Crippen LogP contribution in [-0.2, 0) is 9.59 Å². The lowest BCUT2D eigenvalue weighted by atomic mass is 9.89. The first-order chi connectivity index (χ1) is 8.10. The summed E-state index contributed by atoms with van der Waals surface area (Å²) in [6, 6.07) is 0. The summed E-state index contributed by atoms with van der Waals surface area (Å²) >= 11 is 0.